The molecule has 0 fully saturated rings. The van der Waals surface area contributed by atoms with E-state index in [0.29, 0.717) is 0 Å². The molecule has 0 amide bonds. The second-order valence-electron chi connectivity index (χ2n) is 5.36. The van der Waals surface area contributed by atoms with Gasteiger partial charge < -0.3 is 10.6 Å². The Kier molecular flexibility index (Phi) is 6.88. The van der Waals surface area contributed by atoms with Crippen molar-refractivity contribution < 1.29 is 0 Å². The van der Waals surface area contributed by atoms with Gasteiger partial charge >= 0.3 is 0 Å². The van der Waals surface area contributed by atoms with Gasteiger partial charge in [0.05, 0.1) is 0 Å². The molecule has 122 valence electrons. The monoisotopic (exact) mass is 330 g/mol. The normalized spacial score (nSPS) is 11.3. The van der Waals surface area contributed by atoms with Crippen molar-refractivity contribution in [2.45, 2.75) is 19.8 Å². The molecule has 0 bridgehead atoms. The van der Waals surface area contributed by atoms with Crippen LogP contribution in [0.3, 0.4) is 0 Å². The number of rotatable bonds is 6. The molecule has 0 atom stereocenters. The predicted molar refractivity (Wildman–Crippen MR) is 97.2 cm³/mol. The summed E-state index contributed by atoms with van der Waals surface area (Å²) in [5.41, 5.74) is 3.52. The second kappa shape index (κ2) is 9.16. The Labute approximate surface area is 143 Å². The first-order chi connectivity index (χ1) is 11.2. The van der Waals surface area contributed by atoms with E-state index in [9.17, 15) is 0 Å². The zero-order chi connectivity index (χ0) is 16.5. The zero-order valence-corrected chi connectivity index (χ0v) is 14.4. The Morgan fingerprint density at radius 2 is 1.61 bits per heavy atom. The predicted octanol–water partition coefficient (Wildman–Crippen LogP) is 2.99. The van der Waals surface area contributed by atoms with Gasteiger partial charge in [-0.05, 0) is 49.1 Å². The van der Waals surface area contributed by atoms with Crippen molar-refractivity contribution in [3.63, 3.8) is 0 Å². The van der Waals surface area contributed by atoms with Crippen molar-refractivity contribution in [1.29, 1.82) is 0 Å². The fourth-order valence-electron chi connectivity index (χ4n) is 2.17. The van der Waals surface area contributed by atoms with E-state index in [2.05, 4.69) is 26.7 Å². The highest BCUT2D eigenvalue weighted by Crippen LogP contribution is 2.09. The van der Waals surface area contributed by atoms with Crippen LogP contribution in [-0.4, -0.2) is 31.1 Å². The first kappa shape index (κ1) is 17.3. The molecule has 1 aromatic heterocycles. The quantitative estimate of drug-likeness (QED) is 0.632. The number of guanidine groups is 1. The number of hydrogen-bond donors (Lipinski definition) is 2. The number of hydrogen-bond acceptors (Lipinski definition) is 2. The van der Waals surface area contributed by atoms with Crippen molar-refractivity contribution >= 4 is 17.6 Å². The number of aryl methyl sites for hydroxylation is 1. The molecule has 0 radical (unpaired) electrons. The number of benzene rings is 1. The van der Waals surface area contributed by atoms with Crippen LogP contribution in [0, 0.1) is 6.92 Å². The van der Waals surface area contributed by atoms with Gasteiger partial charge in [-0.3, -0.25) is 9.98 Å². The highest BCUT2D eigenvalue weighted by Gasteiger charge is 1.99. The molecule has 0 aliphatic rings. The minimum Gasteiger partial charge on any atom is -0.356 e. The molecular weight excluding hydrogens is 308 g/mol. The smallest absolute Gasteiger partial charge is 0.190 e. The number of nitrogens with zero attached hydrogens (tertiary/aromatic N) is 2. The maximum absolute atomic E-state index is 5.89. The third kappa shape index (κ3) is 6.28. The summed E-state index contributed by atoms with van der Waals surface area (Å²) in [5, 5.41) is 7.40. The van der Waals surface area contributed by atoms with Crippen molar-refractivity contribution in [3.8, 4) is 0 Å². The molecule has 5 heteroatoms. The fourth-order valence-corrected chi connectivity index (χ4v) is 2.29. The van der Waals surface area contributed by atoms with Crippen LogP contribution in [0.15, 0.2) is 47.6 Å². The Morgan fingerprint density at radius 1 is 1.00 bits per heavy atom. The first-order valence-electron chi connectivity index (χ1n) is 7.78. The maximum Gasteiger partial charge on any atom is 0.190 e. The molecular formula is C18H23ClN4. The highest BCUT2D eigenvalue weighted by molar-refractivity contribution is 6.30. The molecule has 2 rings (SSSR count). The zero-order valence-electron chi connectivity index (χ0n) is 13.6. The van der Waals surface area contributed by atoms with Crippen molar-refractivity contribution in [2.75, 3.05) is 20.1 Å². The molecule has 0 unspecified atom stereocenters. The molecule has 0 saturated heterocycles. The minimum absolute atomic E-state index is 0.768. The van der Waals surface area contributed by atoms with Gasteiger partial charge in [0.25, 0.3) is 0 Å². The summed E-state index contributed by atoms with van der Waals surface area (Å²) >= 11 is 5.89. The molecule has 1 heterocycles. The van der Waals surface area contributed by atoms with Gasteiger partial charge in [0.2, 0.25) is 0 Å². The molecule has 2 aromatic rings. The molecule has 4 nitrogen and oxygen atoms in total. The van der Waals surface area contributed by atoms with Gasteiger partial charge in [-0.2, -0.15) is 0 Å². The average molecular weight is 331 g/mol. The van der Waals surface area contributed by atoms with E-state index in [1.54, 1.807) is 7.05 Å². The van der Waals surface area contributed by atoms with Crippen LogP contribution in [-0.2, 0) is 12.8 Å². The number of pyridine rings is 1. The number of halogens is 1. The molecule has 2 N–H and O–H groups in total. The third-order valence-electron chi connectivity index (χ3n) is 3.52. The van der Waals surface area contributed by atoms with Crippen molar-refractivity contribution in [1.82, 2.24) is 15.6 Å². The van der Waals surface area contributed by atoms with Crippen molar-refractivity contribution in [2.24, 2.45) is 4.99 Å². The molecule has 0 saturated carbocycles. The Bertz CT molecular complexity index is 567. The Hall–Kier alpha value is -2.07. The minimum atomic E-state index is 0.768. The summed E-state index contributed by atoms with van der Waals surface area (Å²) in [6.07, 6.45) is 3.78. The lowest BCUT2D eigenvalue weighted by molar-refractivity contribution is 0.783. The summed E-state index contributed by atoms with van der Waals surface area (Å²) in [5.74, 6) is 0.819. The van der Waals surface area contributed by atoms with Gasteiger partial charge in [0.1, 0.15) is 0 Å². The van der Waals surface area contributed by atoms with Gasteiger partial charge in [-0.15, -0.1) is 0 Å². The van der Waals surface area contributed by atoms with E-state index < -0.39 is 0 Å². The molecule has 23 heavy (non-hydrogen) atoms. The van der Waals surface area contributed by atoms with Crippen LogP contribution in [0.4, 0.5) is 0 Å². The summed E-state index contributed by atoms with van der Waals surface area (Å²) in [6, 6.07) is 12.1. The number of aromatic nitrogens is 1. The van der Waals surface area contributed by atoms with Crippen LogP contribution in [0.5, 0.6) is 0 Å². The number of nitrogens with one attached hydrogen (secondary N) is 2. The van der Waals surface area contributed by atoms with Crippen LogP contribution >= 0.6 is 11.6 Å². The van der Waals surface area contributed by atoms with Crippen LogP contribution in [0.2, 0.25) is 5.02 Å². The van der Waals surface area contributed by atoms with Gasteiger partial charge in [0, 0.05) is 37.1 Å². The molecule has 0 aliphatic carbocycles. The van der Waals surface area contributed by atoms with E-state index in [1.807, 2.05) is 43.5 Å². The maximum atomic E-state index is 5.89. The van der Waals surface area contributed by atoms with Crippen molar-refractivity contribution in [3.05, 3.63) is 64.4 Å². The Morgan fingerprint density at radius 3 is 2.17 bits per heavy atom. The van der Waals surface area contributed by atoms with Gasteiger partial charge in [-0.1, -0.05) is 29.8 Å². The lowest BCUT2D eigenvalue weighted by atomic mass is 10.1. The summed E-state index contributed by atoms with van der Waals surface area (Å²) < 4.78 is 0. The fraction of sp³-hybridized carbons (Fsp3) is 0.333. The third-order valence-corrected chi connectivity index (χ3v) is 3.77. The van der Waals surface area contributed by atoms with E-state index >= 15 is 0 Å². The summed E-state index contributed by atoms with van der Waals surface area (Å²) in [7, 11) is 1.78. The highest BCUT2D eigenvalue weighted by atomic mass is 35.5. The SMILES string of the molecule is CN=C(NCCc1ccc(Cl)cc1)NCCc1ccc(C)nc1. The van der Waals surface area contributed by atoms with Crippen LogP contribution in [0.1, 0.15) is 16.8 Å². The topological polar surface area (TPSA) is 49.3 Å². The molecule has 0 spiro atoms. The van der Waals surface area contributed by atoms with E-state index in [-0.39, 0.29) is 0 Å². The van der Waals surface area contributed by atoms with Crippen LogP contribution < -0.4 is 10.6 Å². The Balaban J connectivity index is 1.69. The first-order valence-corrected chi connectivity index (χ1v) is 8.15. The second-order valence-corrected chi connectivity index (χ2v) is 5.80. The van der Waals surface area contributed by atoms with E-state index in [1.165, 1.54) is 11.1 Å². The van der Waals surface area contributed by atoms with Gasteiger partial charge in [0.15, 0.2) is 5.96 Å². The van der Waals surface area contributed by atoms with E-state index in [4.69, 9.17) is 11.6 Å². The van der Waals surface area contributed by atoms with Crippen LogP contribution in [0.25, 0.3) is 0 Å². The summed E-state index contributed by atoms with van der Waals surface area (Å²) in [4.78, 5) is 8.54. The lowest BCUT2D eigenvalue weighted by Crippen LogP contribution is -2.39. The van der Waals surface area contributed by atoms with E-state index in [0.717, 1.165) is 42.6 Å². The number of aliphatic imine (C=N–C) groups is 1. The molecule has 1 aromatic carbocycles. The average Bonchev–Trinajstić information content (AvgIpc) is 2.57. The largest absolute Gasteiger partial charge is 0.356 e. The molecule has 0 aliphatic heterocycles. The standard InChI is InChI=1S/C18H23ClN4/c1-14-3-4-16(13-23-14)10-12-22-18(20-2)21-11-9-15-5-7-17(19)8-6-15/h3-8,13H,9-12H2,1-2H3,(H2,20,21,22). The van der Waals surface area contributed by atoms with Gasteiger partial charge in [-0.25, -0.2) is 0 Å². The summed E-state index contributed by atoms with van der Waals surface area (Å²) in [6.45, 7) is 3.65. The lowest BCUT2D eigenvalue weighted by Gasteiger charge is -2.12.